The van der Waals surface area contributed by atoms with E-state index in [4.69, 9.17) is 19.6 Å². The number of aliphatic hydroxyl groups is 1. The summed E-state index contributed by atoms with van der Waals surface area (Å²) < 4.78 is 16.0. The molecule has 7 heteroatoms. The van der Waals surface area contributed by atoms with Crippen molar-refractivity contribution in [1.82, 2.24) is 0 Å². The van der Waals surface area contributed by atoms with Gasteiger partial charge >= 0.3 is 7.60 Å². The Morgan fingerprint density at radius 1 is 0.950 bits per heavy atom. The van der Waals surface area contributed by atoms with Gasteiger partial charge in [0.2, 0.25) is 0 Å². The van der Waals surface area contributed by atoms with Gasteiger partial charge < -0.3 is 19.6 Å². The van der Waals surface area contributed by atoms with Crippen LogP contribution in [0.4, 0.5) is 0 Å². The molecule has 0 aliphatic rings. The molecule has 0 heterocycles. The molecule has 106 valence electrons. The predicted octanol–water partition coefficient (Wildman–Crippen LogP) is 1.97. The number of rotatable bonds is 5. The smallest absolute Gasteiger partial charge is 0.356 e. The van der Waals surface area contributed by atoms with E-state index in [2.05, 4.69) is 0 Å². The van der Waals surface area contributed by atoms with Crippen molar-refractivity contribution in [2.45, 2.75) is 9.79 Å². The third-order valence-electron chi connectivity index (χ3n) is 2.46. The summed E-state index contributed by atoms with van der Waals surface area (Å²) in [6.45, 7) is -0.365. The zero-order chi connectivity index (χ0) is 14.6. The number of aliphatic hydroxyl groups excluding tert-OH is 1. The van der Waals surface area contributed by atoms with Crippen molar-refractivity contribution < 1.29 is 24.2 Å². The van der Waals surface area contributed by atoms with Gasteiger partial charge in [0.05, 0.1) is 5.30 Å². The lowest BCUT2D eigenvalue weighted by Crippen LogP contribution is -2.02. The van der Waals surface area contributed by atoms with Crippen LogP contribution in [0, 0.1) is 0 Å². The van der Waals surface area contributed by atoms with Crippen LogP contribution in [0.15, 0.2) is 58.3 Å². The fraction of sp³-hybridized carbons (Fsp3) is 0.0769. The standard InChI is InChI=1S/C13H13O5PS/c14-9-18-10-1-5-12(6-2-10)20-13-7-3-11(4-8-13)19(15,16)17/h1-8,14H,9H2,(H2,15,16,17). The number of ether oxygens (including phenoxy) is 1. The van der Waals surface area contributed by atoms with E-state index in [-0.39, 0.29) is 12.1 Å². The SMILES string of the molecule is O=P(O)(O)c1ccc(Sc2ccc(OCO)cc2)cc1. The molecule has 0 radical (unpaired) electrons. The third kappa shape index (κ3) is 4.10. The van der Waals surface area contributed by atoms with Crippen LogP contribution in [0.5, 0.6) is 5.75 Å². The van der Waals surface area contributed by atoms with Crippen molar-refractivity contribution in [3.63, 3.8) is 0 Å². The lowest BCUT2D eigenvalue weighted by Gasteiger charge is -2.06. The minimum Gasteiger partial charge on any atom is -0.468 e. The van der Waals surface area contributed by atoms with Crippen molar-refractivity contribution >= 4 is 24.7 Å². The second-order valence-corrected chi connectivity index (χ2v) is 6.64. The maximum Gasteiger partial charge on any atom is 0.356 e. The summed E-state index contributed by atoms with van der Waals surface area (Å²) in [5, 5.41) is 8.63. The molecule has 0 amide bonds. The van der Waals surface area contributed by atoms with E-state index in [0.717, 1.165) is 9.79 Å². The molecular weight excluding hydrogens is 299 g/mol. The maximum atomic E-state index is 11.1. The van der Waals surface area contributed by atoms with Crippen LogP contribution >= 0.6 is 19.4 Å². The monoisotopic (exact) mass is 312 g/mol. The summed E-state index contributed by atoms with van der Waals surface area (Å²) in [5.74, 6) is 0.577. The molecule has 3 N–H and O–H groups in total. The van der Waals surface area contributed by atoms with Crippen molar-refractivity contribution in [2.75, 3.05) is 6.79 Å². The van der Waals surface area contributed by atoms with Crippen LogP contribution < -0.4 is 10.0 Å². The van der Waals surface area contributed by atoms with E-state index < -0.39 is 7.60 Å². The zero-order valence-electron chi connectivity index (χ0n) is 10.3. The molecule has 0 saturated carbocycles. The highest BCUT2D eigenvalue weighted by Gasteiger charge is 2.16. The van der Waals surface area contributed by atoms with Gasteiger partial charge in [0, 0.05) is 9.79 Å². The average molecular weight is 312 g/mol. The van der Waals surface area contributed by atoms with Crippen molar-refractivity contribution in [3.05, 3.63) is 48.5 Å². The molecule has 0 aliphatic carbocycles. The Hall–Kier alpha value is -1.30. The molecule has 20 heavy (non-hydrogen) atoms. The molecule has 0 fully saturated rings. The second-order valence-electron chi connectivity index (χ2n) is 3.88. The molecular formula is C13H13O5PS. The fourth-order valence-corrected chi connectivity index (χ4v) is 2.88. The van der Waals surface area contributed by atoms with Crippen molar-refractivity contribution in [3.8, 4) is 5.75 Å². The molecule has 0 aromatic heterocycles. The molecule has 0 unspecified atom stereocenters. The summed E-state index contributed by atoms with van der Waals surface area (Å²) in [6.07, 6.45) is 0. The first kappa shape index (κ1) is 15.1. The van der Waals surface area contributed by atoms with E-state index >= 15 is 0 Å². The number of benzene rings is 2. The van der Waals surface area contributed by atoms with Gasteiger partial charge in [-0.3, -0.25) is 4.57 Å². The second kappa shape index (κ2) is 6.43. The van der Waals surface area contributed by atoms with Gasteiger partial charge in [-0.25, -0.2) is 0 Å². The normalized spacial score (nSPS) is 11.3. The van der Waals surface area contributed by atoms with Gasteiger partial charge in [0.25, 0.3) is 0 Å². The molecule has 0 saturated heterocycles. The summed E-state index contributed by atoms with van der Waals surface area (Å²) in [7, 11) is -4.18. The Morgan fingerprint density at radius 3 is 1.90 bits per heavy atom. The zero-order valence-corrected chi connectivity index (χ0v) is 12.1. The van der Waals surface area contributed by atoms with Crippen LogP contribution in [-0.2, 0) is 4.57 Å². The highest BCUT2D eigenvalue weighted by atomic mass is 32.2. The Balaban J connectivity index is 2.08. The highest BCUT2D eigenvalue weighted by molar-refractivity contribution is 7.99. The fourth-order valence-electron chi connectivity index (χ4n) is 1.52. The van der Waals surface area contributed by atoms with E-state index in [1.54, 1.807) is 24.3 Å². The first-order valence-electron chi connectivity index (χ1n) is 5.67. The number of hydrogen-bond acceptors (Lipinski definition) is 4. The summed E-state index contributed by atoms with van der Waals surface area (Å²) >= 11 is 1.46. The average Bonchev–Trinajstić information content (AvgIpc) is 2.41. The van der Waals surface area contributed by atoms with Gasteiger partial charge in [0.15, 0.2) is 6.79 Å². The quantitative estimate of drug-likeness (QED) is 0.578. The first-order valence-corrected chi connectivity index (χ1v) is 8.10. The van der Waals surface area contributed by atoms with Gasteiger partial charge in [0.1, 0.15) is 5.75 Å². The van der Waals surface area contributed by atoms with E-state index in [1.807, 2.05) is 12.1 Å². The largest absolute Gasteiger partial charge is 0.468 e. The first-order chi connectivity index (χ1) is 9.49. The van der Waals surface area contributed by atoms with Gasteiger partial charge in [-0.1, -0.05) is 11.8 Å². The van der Waals surface area contributed by atoms with Crippen LogP contribution in [0.3, 0.4) is 0 Å². The van der Waals surface area contributed by atoms with E-state index in [1.165, 1.54) is 23.9 Å². The van der Waals surface area contributed by atoms with Crippen LogP contribution in [0.2, 0.25) is 0 Å². The molecule has 5 nitrogen and oxygen atoms in total. The lowest BCUT2D eigenvalue weighted by molar-refractivity contribution is 0.0985. The molecule has 2 aromatic rings. The summed E-state index contributed by atoms with van der Waals surface area (Å²) in [4.78, 5) is 19.9. The Kier molecular flexibility index (Phi) is 4.86. The Morgan fingerprint density at radius 2 is 1.45 bits per heavy atom. The highest BCUT2D eigenvalue weighted by Crippen LogP contribution is 2.34. The maximum absolute atomic E-state index is 11.1. The minimum absolute atomic E-state index is 0.00791. The molecule has 2 aromatic carbocycles. The van der Waals surface area contributed by atoms with Crippen LogP contribution in [0.1, 0.15) is 0 Å². The van der Waals surface area contributed by atoms with Crippen LogP contribution in [0.25, 0.3) is 0 Å². The van der Waals surface area contributed by atoms with Gasteiger partial charge in [-0.2, -0.15) is 0 Å². The van der Waals surface area contributed by atoms with Gasteiger partial charge in [-0.05, 0) is 48.5 Å². The van der Waals surface area contributed by atoms with E-state index in [0.29, 0.717) is 5.75 Å². The van der Waals surface area contributed by atoms with Gasteiger partial charge in [-0.15, -0.1) is 0 Å². The topological polar surface area (TPSA) is 87.0 Å². The molecule has 0 bridgehead atoms. The predicted molar refractivity (Wildman–Crippen MR) is 76.4 cm³/mol. The Labute approximate surface area is 120 Å². The number of hydrogen-bond donors (Lipinski definition) is 3. The molecule has 2 rings (SSSR count). The lowest BCUT2D eigenvalue weighted by atomic mass is 10.3. The van der Waals surface area contributed by atoms with Crippen molar-refractivity contribution in [2.24, 2.45) is 0 Å². The molecule has 0 aliphatic heterocycles. The Bertz CT molecular complexity index is 606. The molecule has 0 atom stereocenters. The third-order valence-corrected chi connectivity index (χ3v) is 4.45. The summed E-state index contributed by atoms with van der Waals surface area (Å²) in [5.41, 5.74) is 0. The summed E-state index contributed by atoms with van der Waals surface area (Å²) in [6, 6.07) is 13.3. The minimum atomic E-state index is -4.18. The van der Waals surface area contributed by atoms with E-state index in [9.17, 15) is 4.57 Å². The van der Waals surface area contributed by atoms with Crippen LogP contribution in [-0.4, -0.2) is 21.7 Å². The molecule has 0 spiro atoms. The van der Waals surface area contributed by atoms with Crippen molar-refractivity contribution in [1.29, 1.82) is 0 Å².